The third-order valence-corrected chi connectivity index (χ3v) is 3.63. The number of nitrogens with one attached hydrogen (secondary N) is 1. The van der Waals surface area contributed by atoms with Crippen LogP contribution in [0.3, 0.4) is 0 Å². The van der Waals surface area contributed by atoms with Gasteiger partial charge >= 0.3 is 0 Å². The fourth-order valence-corrected chi connectivity index (χ4v) is 2.44. The van der Waals surface area contributed by atoms with Gasteiger partial charge in [0.05, 0.1) is 16.1 Å². The topological polar surface area (TPSA) is 72.9 Å². The zero-order chi connectivity index (χ0) is 13.4. The number of hydrogen-bond acceptors (Lipinski definition) is 3. The Hall–Kier alpha value is -1.75. The van der Waals surface area contributed by atoms with Crippen molar-refractivity contribution in [2.45, 2.75) is 19.4 Å². The molecule has 1 aliphatic carbocycles. The minimum absolute atomic E-state index is 0.133. The van der Waals surface area contributed by atoms with E-state index in [1.165, 1.54) is 0 Å². The molecule has 6 heteroatoms. The second kappa shape index (κ2) is 4.74. The lowest BCUT2D eigenvalue weighted by atomic mass is 10.3. The molecule has 1 heterocycles. The van der Waals surface area contributed by atoms with E-state index in [4.69, 9.17) is 17.3 Å². The number of benzene rings is 1. The van der Waals surface area contributed by atoms with Crippen molar-refractivity contribution in [2.24, 2.45) is 5.92 Å². The molecule has 0 saturated heterocycles. The monoisotopic (exact) mass is 278 g/mol. The summed E-state index contributed by atoms with van der Waals surface area (Å²) in [7, 11) is 0. The van der Waals surface area contributed by atoms with Crippen molar-refractivity contribution < 1.29 is 4.79 Å². The van der Waals surface area contributed by atoms with Gasteiger partial charge in [-0.1, -0.05) is 17.7 Å². The molecule has 3 rings (SSSR count). The predicted molar refractivity (Wildman–Crippen MR) is 74.9 cm³/mol. The maximum absolute atomic E-state index is 11.6. The van der Waals surface area contributed by atoms with Gasteiger partial charge in [0.2, 0.25) is 11.9 Å². The highest BCUT2D eigenvalue weighted by Gasteiger charge is 2.29. The largest absolute Gasteiger partial charge is 0.369 e. The zero-order valence-electron chi connectivity index (χ0n) is 10.4. The highest BCUT2D eigenvalue weighted by Crippen LogP contribution is 2.29. The molecule has 100 valence electrons. The van der Waals surface area contributed by atoms with Crippen molar-refractivity contribution >= 4 is 34.5 Å². The molecule has 0 atom stereocenters. The third-order valence-electron chi connectivity index (χ3n) is 3.33. The molecule has 19 heavy (non-hydrogen) atoms. The van der Waals surface area contributed by atoms with Gasteiger partial charge < -0.3 is 15.6 Å². The van der Waals surface area contributed by atoms with E-state index in [9.17, 15) is 4.79 Å². The standard InChI is InChI=1S/C13H15ClN4O/c14-9-2-1-3-10-11(9)18(13(15)17-10)7-6-16-12(19)8-4-5-8/h1-3,8H,4-7H2,(H2,15,17)(H,16,19). The van der Waals surface area contributed by atoms with Gasteiger partial charge in [-0.25, -0.2) is 4.98 Å². The van der Waals surface area contributed by atoms with E-state index in [0.29, 0.717) is 24.1 Å². The van der Waals surface area contributed by atoms with E-state index in [-0.39, 0.29) is 11.8 Å². The average Bonchev–Trinajstić information content (AvgIpc) is 3.16. The summed E-state index contributed by atoms with van der Waals surface area (Å²) in [6, 6.07) is 5.53. The molecule has 0 bridgehead atoms. The van der Waals surface area contributed by atoms with Crippen LogP contribution in [0.1, 0.15) is 12.8 Å². The smallest absolute Gasteiger partial charge is 0.223 e. The van der Waals surface area contributed by atoms with E-state index >= 15 is 0 Å². The van der Waals surface area contributed by atoms with Gasteiger partial charge in [-0.15, -0.1) is 0 Å². The first-order chi connectivity index (χ1) is 9.16. The van der Waals surface area contributed by atoms with Crippen LogP contribution < -0.4 is 11.1 Å². The van der Waals surface area contributed by atoms with Crippen LogP contribution in [-0.2, 0) is 11.3 Å². The first-order valence-electron chi connectivity index (χ1n) is 6.35. The van der Waals surface area contributed by atoms with Crippen LogP contribution in [-0.4, -0.2) is 22.0 Å². The minimum Gasteiger partial charge on any atom is -0.369 e. The lowest BCUT2D eigenvalue weighted by Crippen LogP contribution is -2.28. The molecule has 1 aliphatic rings. The Balaban J connectivity index is 1.76. The number of halogens is 1. The van der Waals surface area contributed by atoms with Crippen LogP contribution >= 0.6 is 11.6 Å². The van der Waals surface area contributed by atoms with E-state index in [1.54, 1.807) is 0 Å². The number of carbonyl (C=O) groups excluding carboxylic acids is 1. The summed E-state index contributed by atoms with van der Waals surface area (Å²) in [4.78, 5) is 15.8. The quantitative estimate of drug-likeness (QED) is 0.896. The molecule has 5 nitrogen and oxygen atoms in total. The lowest BCUT2D eigenvalue weighted by Gasteiger charge is -2.08. The van der Waals surface area contributed by atoms with Gasteiger partial charge in [-0.2, -0.15) is 0 Å². The number of nitrogens with two attached hydrogens (primary N) is 1. The second-order valence-corrected chi connectivity index (χ2v) is 5.20. The molecular weight excluding hydrogens is 264 g/mol. The highest BCUT2D eigenvalue weighted by molar-refractivity contribution is 6.35. The Morgan fingerprint density at radius 2 is 2.32 bits per heavy atom. The molecule has 1 aromatic carbocycles. The Morgan fingerprint density at radius 3 is 3.05 bits per heavy atom. The minimum atomic E-state index is 0.133. The van der Waals surface area contributed by atoms with Crippen LogP contribution in [0.15, 0.2) is 18.2 Å². The molecule has 0 unspecified atom stereocenters. The molecule has 1 aromatic heterocycles. The van der Waals surface area contributed by atoms with E-state index < -0.39 is 0 Å². The summed E-state index contributed by atoms with van der Waals surface area (Å²) in [5, 5.41) is 3.53. The first kappa shape index (κ1) is 12.3. The molecule has 1 amide bonds. The van der Waals surface area contributed by atoms with Gasteiger partial charge in [0, 0.05) is 19.0 Å². The summed E-state index contributed by atoms with van der Waals surface area (Å²) in [5.41, 5.74) is 7.49. The van der Waals surface area contributed by atoms with Crippen LogP contribution in [0.25, 0.3) is 11.0 Å². The van der Waals surface area contributed by atoms with Gasteiger partial charge in [0.1, 0.15) is 0 Å². The van der Waals surface area contributed by atoms with Crippen LogP contribution in [0.4, 0.5) is 5.95 Å². The van der Waals surface area contributed by atoms with Crippen molar-refractivity contribution in [1.82, 2.24) is 14.9 Å². The number of rotatable bonds is 4. The van der Waals surface area contributed by atoms with Crippen molar-refractivity contribution in [1.29, 1.82) is 0 Å². The molecule has 0 spiro atoms. The molecule has 0 aliphatic heterocycles. The van der Waals surface area contributed by atoms with E-state index in [0.717, 1.165) is 23.9 Å². The number of para-hydroxylation sites is 1. The Kier molecular flexibility index (Phi) is 3.06. The Bertz CT molecular complexity index is 633. The Morgan fingerprint density at radius 1 is 1.53 bits per heavy atom. The van der Waals surface area contributed by atoms with Crippen LogP contribution in [0, 0.1) is 5.92 Å². The fraction of sp³-hybridized carbons (Fsp3) is 0.385. The summed E-state index contributed by atoms with van der Waals surface area (Å²) < 4.78 is 1.84. The SMILES string of the molecule is Nc1nc2cccc(Cl)c2n1CCNC(=O)C1CC1. The van der Waals surface area contributed by atoms with E-state index in [1.807, 2.05) is 22.8 Å². The van der Waals surface area contributed by atoms with Crippen molar-refractivity contribution in [3.8, 4) is 0 Å². The fourth-order valence-electron chi connectivity index (χ4n) is 2.17. The lowest BCUT2D eigenvalue weighted by molar-refractivity contribution is -0.122. The second-order valence-electron chi connectivity index (χ2n) is 4.79. The average molecular weight is 279 g/mol. The van der Waals surface area contributed by atoms with Gasteiger partial charge in [0.25, 0.3) is 0 Å². The molecule has 1 saturated carbocycles. The maximum Gasteiger partial charge on any atom is 0.223 e. The first-order valence-corrected chi connectivity index (χ1v) is 6.72. The number of amides is 1. The van der Waals surface area contributed by atoms with E-state index in [2.05, 4.69) is 10.3 Å². The van der Waals surface area contributed by atoms with Gasteiger partial charge in [0.15, 0.2) is 0 Å². The summed E-state index contributed by atoms with van der Waals surface area (Å²) in [5.74, 6) is 0.776. The summed E-state index contributed by atoms with van der Waals surface area (Å²) in [6.07, 6.45) is 2.02. The number of hydrogen-bond donors (Lipinski definition) is 2. The number of imidazole rings is 1. The zero-order valence-corrected chi connectivity index (χ0v) is 11.2. The van der Waals surface area contributed by atoms with Gasteiger partial charge in [-0.3, -0.25) is 4.79 Å². The highest BCUT2D eigenvalue weighted by atomic mass is 35.5. The number of fused-ring (bicyclic) bond motifs is 1. The van der Waals surface area contributed by atoms with Crippen LogP contribution in [0.2, 0.25) is 5.02 Å². The molecular formula is C13H15ClN4O. The third kappa shape index (κ3) is 2.38. The predicted octanol–water partition coefficient (Wildman–Crippen LogP) is 1.80. The van der Waals surface area contributed by atoms with Crippen LogP contribution in [0.5, 0.6) is 0 Å². The Labute approximate surface area is 115 Å². The number of aromatic nitrogens is 2. The van der Waals surface area contributed by atoms with Crippen molar-refractivity contribution in [3.63, 3.8) is 0 Å². The molecule has 3 N–H and O–H groups in total. The normalized spacial score (nSPS) is 14.8. The maximum atomic E-state index is 11.6. The number of carbonyl (C=O) groups is 1. The number of anilines is 1. The summed E-state index contributed by atoms with van der Waals surface area (Å²) >= 11 is 6.17. The molecule has 1 fully saturated rings. The number of nitrogens with zero attached hydrogens (tertiary/aromatic N) is 2. The van der Waals surface area contributed by atoms with Crippen molar-refractivity contribution in [3.05, 3.63) is 23.2 Å². The molecule has 0 radical (unpaired) electrons. The summed E-state index contributed by atoms with van der Waals surface area (Å²) in [6.45, 7) is 1.11. The number of nitrogen functional groups attached to an aromatic ring is 1. The van der Waals surface area contributed by atoms with Gasteiger partial charge in [-0.05, 0) is 25.0 Å². The van der Waals surface area contributed by atoms with Crippen molar-refractivity contribution in [2.75, 3.05) is 12.3 Å². The molecule has 2 aromatic rings.